The summed E-state index contributed by atoms with van der Waals surface area (Å²) in [6, 6.07) is 5.08. The topological polar surface area (TPSA) is 43.4 Å². The van der Waals surface area contributed by atoms with Crippen molar-refractivity contribution >= 4 is 15.4 Å². The molecule has 0 saturated heterocycles. The van der Waals surface area contributed by atoms with Gasteiger partial charge in [0, 0.05) is 5.41 Å². The molecule has 0 atom stereocenters. The zero-order valence-electron chi connectivity index (χ0n) is 7.94. The van der Waals surface area contributed by atoms with Gasteiger partial charge in [-0.25, -0.2) is 8.42 Å². The predicted octanol–water partition coefficient (Wildman–Crippen LogP) is 1.84. The number of allylic oxidation sites excluding steroid dienone is 1. The average Bonchev–Trinajstić information content (AvgIpc) is 2.37. The zero-order valence-corrected chi connectivity index (χ0v) is 8.76. The lowest BCUT2D eigenvalue weighted by Crippen LogP contribution is -1.94. The predicted molar refractivity (Wildman–Crippen MR) is 53.8 cm³/mol. The van der Waals surface area contributed by atoms with Crippen LogP contribution >= 0.6 is 0 Å². The SMILES string of the molecule is COc1ccc2c(c1)S(=O)(=O)C=C2C. The van der Waals surface area contributed by atoms with Crippen LogP contribution in [-0.4, -0.2) is 15.5 Å². The van der Waals surface area contributed by atoms with Crippen molar-refractivity contribution in [2.24, 2.45) is 0 Å². The second-order valence-electron chi connectivity index (χ2n) is 3.21. The van der Waals surface area contributed by atoms with Crippen LogP contribution in [0.3, 0.4) is 0 Å². The first kappa shape index (κ1) is 9.27. The van der Waals surface area contributed by atoms with Crippen molar-refractivity contribution in [1.82, 2.24) is 0 Å². The van der Waals surface area contributed by atoms with E-state index in [1.54, 1.807) is 25.1 Å². The van der Waals surface area contributed by atoms with E-state index in [4.69, 9.17) is 4.74 Å². The molecule has 1 aromatic carbocycles. The smallest absolute Gasteiger partial charge is 0.200 e. The summed E-state index contributed by atoms with van der Waals surface area (Å²) in [5.74, 6) is 0.565. The molecular weight excluding hydrogens is 200 g/mol. The number of ether oxygens (including phenoxy) is 1. The van der Waals surface area contributed by atoms with Gasteiger partial charge in [0.1, 0.15) is 5.75 Å². The van der Waals surface area contributed by atoms with Gasteiger partial charge >= 0.3 is 0 Å². The highest BCUT2D eigenvalue weighted by Crippen LogP contribution is 2.35. The van der Waals surface area contributed by atoms with Crippen LogP contribution in [0.1, 0.15) is 12.5 Å². The van der Waals surface area contributed by atoms with Crippen LogP contribution in [-0.2, 0) is 9.84 Å². The third kappa shape index (κ3) is 1.23. The summed E-state index contributed by atoms with van der Waals surface area (Å²) in [4.78, 5) is 0.342. The molecule has 0 unspecified atom stereocenters. The highest BCUT2D eigenvalue weighted by Gasteiger charge is 2.24. The molecule has 74 valence electrons. The lowest BCUT2D eigenvalue weighted by molar-refractivity contribution is 0.413. The van der Waals surface area contributed by atoms with Crippen molar-refractivity contribution in [3.63, 3.8) is 0 Å². The van der Waals surface area contributed by atoms with Gasteiger partial charge in [-0.3, -0.25) is 0 Å². The summed E-state index contributed by atoms with van der Waals surface area (Å²) < 4.78 is 28.2. The van der Waals surface area contributed by atoms with Crippen LogP contribution in [0.15, 0.2) is 28.5 Å². The Balaban J connectivity index is 2.72. The molecule has 0 spiro atoms. The molecule has 0 saturated carbocycles. The zero-order chi connectivity index (χ0) is 10.3. The maximum atomic E-state index is 11.6. The monoisotopic (exact) mass is 210 g/mol. The second-order valence-corrected chi connectivity index (χ2v) is 4.97. The number of rotatable bonds is 1. The maximum absolute atomic E-state index is 11.6. The molecule has 0 fully saturated rings. The Morgan fingerprint density at radius 3 is 2.64 bits per heavy atom. The second kappa shape index (κ2) is 2.85. The van der Waals surface area contributed by atoms with Crippen LogP contribution < -0.4 is 4.74 Å². The Bertz CT molecular complexity index is 512. The van der Waals surface area contributed by atoms with Crippen molar-refractivity contribution in [1.29, 1.82) is 0 Å². The fraction of sp³-hybridized carbons (Fsp3) is 0.200. The molecule has 3 nitrogen and oxygen atoms in total. The van der Waals surface area contributed by atoms with Crippen molar-refractivity contribution in [3.8, 4) is 5.75 Å². The molecule has 4 heteroatoms. The number of fused-ring (bicyclic) bond motifs is 1. The molecule has 1 heterocycles. The Labute approximate surface area is 82.9 Å². The molecule has 1 aliphatic heterocycles. The normalized spacial score (nSPS) is 17.4. The van der Waals surface area contributed by atoms with E-state index in [1.165, 1.54) is 12.5 Å². The highest BCUT2D eigenvalue weighted by molar-refractivity contribution is 7.95. The quantitative estimate of drug-likeness (QED) is 0.710. The Morgan fingerprint density at radius 1 is 1.29 bits per heavy atom. The van der Waals surface area contributed by atoms with E-state index in [1.807, 2.05) is 0 Å². The average molecular weight is 210 g/mol. The standard InChI is InChI=1S/C10H10O3S/c1-7-6-14(11,12)10-5-8(13-2)3-4-9(7)10/h3-6H,1-2H3. The summed E-state index contributed by atoms with van der Waals surface area (Å²) in [7, 11) is -1.71. The van der Waals surface area contributed by atoms with E-state index in [9.17, 15) is 8.42 Å². The third-order valence-corrected chi connectivity index (χ3v) is 3.87. The van der Waals surface area contributed by atoms with E-state index in [2.05, 4.69) is 0 Å². The van der Waals surface area contributed by atoms with E-state index in [0.717, 1.165) is 11.1 Å². The van der Waals surface area contributed by atoms with Gasteiger partial charge in [0.2, 0.25) is 9.84 Å². The molecule has 0 radical (unpaired) electrons. The van der Waals surface area contributed by atoms with Crippen molar-refractivity contribution < 1.29 is 13.2 Å². The van der Waals surface area contributed by atoms with E-state index in [-0.39, 0.29) is 0 Å². The number of hydrogen-bond donors (Lipinski definition) is 0. The fourth-order valence-corrected chi connectivity index (χ4v) is 3.09. The van der Waals surface area contributed by atoms with Crippen molar-refractivity contribution in [3.05, 3.63) is 29.2 Å². The Kier molecular flexibility index (Phi) is 1.89. The summed E-state index contributed by atoms with van der Waals surface area (Å²) in [6.07, 6.45) is 0. The van der Waals surface area contributed by atoms with Gasteiger partial charge in [-0.05, 0) is 36.3 Å². The minimum Gasteiger partial charge on any atom is -0.497 e. The van der Waals surface area contributed by atoms with Crippen LogP contribution in [0.5, 0.6) is 5.75 Å². The molecule has 0 aromatic heterocycles. The lowest BCUT2D eigenvalue weighted by Gasteiger charge is -2.03. The molecule has 0 aliphatic carbocycles. The van der Waals surface area contributed by atoms with Crippen molar-refractivity contribution in [2.75, 3.05) is 7.11 Å². The third-order valence-electron chi connectivity index (χ3n) is 2.25. The first-order chi connectivity index (χ1) is 6.54. The Hall–Kier alpha value is -1.29. The van der Waals surface area contributed by atoms with Gasteiger partial charge < -0.3 is 4.74 Å². The fourth-order valence-electron chi connectivity index (χ4n) is 1.55. The van der Waals surface area contributed by atoms with Gasteiger partial charge in [-0.15, -0.1) is 0 Å². The van der Waals surface area contributed by atoms with Crippen LogP contribution in [0.2, 0.25) is 0 Å². The first-order valence-corrected chi connectivity index (χ1v) is 5.71. The molecule has 2 rings (SSSR count). The van der Waals surface area contributed by atoms with E-state index >= 15 is 0 Å². The number of benzene rings is 1. The minimum atomic E-state index is -3.23. The first-order valence-electron chi connectivity index (χ1n) is 4.16. The molecular formula is C10H10O3S. The summed E-state index contributed by atoms with van der Waals surface area (Å²) >= 11 is 0. The highest BCUT2D eigenvalue weighted by atomic mass is 32.2. The minimum absolute atomic E-state index is 0.342. The van der Waals surface area contributed by atoms with Crippen LogP contribution in [0, 0.1) is 0 Å². The molecule has 1 aromatic rings. The van der Waals surface area contributed by atoms with Crippen LogP contribution in [0.4, 0.5) is 0 Å². The molecule has 0 amide bonds. The largest absolute Gasteiger partial charge is 0.497 e. The number of hydrogen-bond acceptors (Lipinski definition) is 3. The molecule has 1 aliphatic rings. The van der Waals surface area contributed by atoms with Gasteiger partial charge in [-0.1, -0.05) is 0 Å². The number of sulfone groups is 1. The summed E-state index contributed by atoms with van der Waals surface area (Å²) in [5.41, 5.74) is 1.55. The van der Waals surface area contributed by atoms with Crippen LogP contribution in [0.25, 0.3) is 5.57 Å². The maximum Gasteiger partial charge on any atom is 0.200 e. The van der Waals surface area contributed by atoms with Crippen molar-refractivity contribution in [2.45, 2.75) is 11.8 Å². The number of methoxy groups -OCH3 is 1. The van der Waals surface area contributed by atoms with E-state index < -0.39 is 9.84 Å². The lowest BCUT2D eigenvalue weighted by atomic mass is 10.1. The summed E-state index contributed by atoms with van der Waals surface area (Å²) in [6.45, 7) is 1.79. The molecule has 14 heavy (non-hydrogen) atoms. The molecule has 0 bridgehead atoms. The van der Waals surface area contributed by atoms with E-state index in [0.29, 0.717) is 10.6 Å². The van der Waals surface area contributed by atoms with Gasteiger partial charge in [0.15, 0.2) is 0 Å². The van der Waals surface area contributed by atoms with Gasteiger partial charge in [0.05, 0.1) is 12.0 Å². The van der Waals surface area contributed by atoms with Gasteiger partial charge in [-0.2, -0.15) is 0 Å². The Morgan fingerprint density at radius 2 is 2.00 bits per heavy atom. The molecule has 0 N–H and O–H groups in total. The van der Waals surface area contributed by atoms with Gasteiger partial charge in [0.25, 0.3) is 0 Å². The summed E-state index contributed by atoms with van der Waals surface area (Å²) in [5, 5.41) is 1.29.